The number of hydrogen-bond donors (Lipinski definition) is 5. The number of hydrogen-bond acceptors (Lipinski definition) is 9. The summed E-state index contributed by atoms with van der Waals surface area (Å²) < 4.78 is 7.14. The van der Waals surface area contributed by atoms with E-state index in [1.807, 2.05) is 36.4 Å². The second-order valence-electron chi connectivity index (χ2n) is 8.90. The molecule has 0 radical (unpaired) electrons. The molecular formula is C25H28N6O4. The van der Waals surface area contributed by atoms with Gasteiger partial charge >= 0.3 is 0 Å². The maximum atomic E-state index is 10.5. The topological polar surface area (TPSA) is 152 Å². The molecule has 4 aromatic rings. The summed E-state index contributed by atoms with van der Waals surface area (Å²) in [5.41, 5.74) is 8.70. The number of nitrogen functional groups attached to an aromatic ring is 1. The van der Waals surface area contributed by atoms with Crippen LogP contribution in [0.1, 0.15) is 24.3 Å². The molecule has 4 atom stereocenters. The van der Waals surface area contributed by atoms with E-state index in [9.17, 15) is 15.3 Å². The molecule has 2 aromatic heterocycles. The molecule has 0 aliphatic carbocycles. The van der Waals surface area contributed by atoms with Crippen LogP contribution in [0.15, 0.2) is 67.0 Å². The second-order valence-corrected chi connectivity index (χ2v) is 8.90. The van der Waals surface area contributed by atoms with E-state index in [0.717, 1.165) is 11.1 Å². The molecule has 0 spiro atoms. The van der Waals surface area contributed by atoms with Crippen molar-refractivity contribution in [2.24, 2.45) is 0 Å². The number of fused-ring (bicyclic) bond motifs is 1. The third kappa shape index (κ3) is 4.10. The fourth-order valence-corrected chi connectivity index (χ4v) is 4.60. The van der Waals surface area contributed by atoms with Gasteiger partial charge in [-0.25, -0.2) is 4.98 Å². The summed E-state index contributed by atoms with van der Waals surface area (Å²) in [6.07, 6.45) is -2.94. The zero-order chi connectivity index (χ0) is 24.6. The van der Waals surface area contributed by atoms with Crippen LogP contribution in [0.3, 0.4) is 0 Å². The largest absolute Gasteiger partial charge is 0.394 e. The predicted octanol–water partition coefficient (Wildman–Crippen LogP) is 1.44. The fraction of sp³-hybridized carbons (Fsp3) is 0.320. The van der Waals surface area contributed by atoms with Gasteiger partial charge in [0.25, 0.3) is 0 Å². The highest BCUT2D eigenvalue weighted by atomic mass is 16.6. The number of aliphatic hydroxyl groups is 3. The molecule has 0 bridgehead atoms. The molecule has 2 aromatic carbocycles. The van der Waals surface area contributed by atoms with Gasteiger partial charge in [-0.15, -0.1) is 0 Å². The molecule has 1 aliphatic rings. The Bertz CT molecular complexity index is 1260. The average Bonchev–Trinajstić information content (AvgIpc) is 3.43. The first-order valence-electron chi connectivity index (χ1n) is 11.4. The summed E-state index contributed by atoms with van der Waals surface area (Å²) in [7, 11) is 0. The SMILES string of the molecule is CC(CNc1nc(N)nc2c1ncn2[C@@H]1O[C@H](CO)C(O)C1O)(c1ccccc1)c1ccccc1. The van der Waals surface area contributed by atoms with Crippen LogP contribution in [0, 0.1) is 0 Å². The summed E-state index contributed by atoms with van der Waals surface area (Å²) in [5, 5.41) is 33.5. The number of aromatic nitrogens is 4. The molecule has 3 heterocycles. The zero-order valence-corrected chi connectivity index (χ0v) is 19.2. The van der Waals surface area contributed by atoms with Crippen LogP contribution in [0.4, 0.5) is 11.8 Å². The van der Waals surface area contributed by atoms with Crippen molar-refractivity contribution in [1.29, 1.82) is 0 Å². The third-order valence-corrected chi connectivity index (χ3v) is 6.66. The van der Waals surface area contributed by atoms with Gasteiger partial charge in [0.1, 0.15) is 18.3 Å². The van der Waals surface area contributed by atoms with Gasteiger partial charge in [0.2, 0.25) is 5.95 Å². The second kappa shape index (κ2) is 9.23. The van der Waals surface area contributed by atoms with Gasteiger partial charge in [-0.3, -0.25) is 4.57 Å². The Morgan fingerprint density at radius 2 is 1.63 bits per heavy atom. The molecule has 5 rings (SSSR count). The highest BCUT2D eigenvalue weighted by Gasteiger charge is 2.44. The van der Waals surface area contributed by atoms with Crippen molar-refractivity contribution in [3.63, 3.8) is 0 Å². The van der Waals surface area contributed by atoms with Gasteiger partial charge in [0.05, 0.1) is 12.9 Å². The maximum absolute atomic E-state index is 10.5. The van der Waals surface area contributed by atoms with Crippen molar-refractivity contribution in [3.05, 3.63) is 78.1 Å². The lowest BCUT2D eigenvalue weighted by molar-refractivity contribution is -0.0511. The molecule has 0 saturated carbocycles. The third-order valence-electron chi connectivity index (χ3n) is 6.66. The van der Waals surface area contributed by atoms with Gasteiger partial charge in [-0.1, -0.05) is 60.7 Å². The molecule has 1 fully saturated rings. The Hall–Kier alpha value is -3.57. The molecule has 35 heavy (non-hydrogen) atoms. The van der Waals surface area contributed by atoms with Crippen LogP contribution in [0.5, 0.6) is 0 Å². The van der Waals surface area contributed by atoms with Crippen LogP contribution >= 0.6 is 0 Å². The van der Waals surface area contributed by atoms with Crippen molar-refractivity contribution in [2.45, 2.75) is 36.9 Å². The van der Waals surface area contributed by atoms with E-state index < -0.39 is 31.1 Å². The molecule has 182 valence electrons. The highest BCUT2D eigenvalue weighted by molar-refractivity contribution is 5.84. The molecular weight excluding hydrogens is 448 g/mol. The van der Waals surface area contributed by atoms with Gasteiger partial charge in [-0.05, 0) is 18.1 Å². The first-order valence-corrected chi connectivity index (χ1v) is 11.4. The summed E-state index contributed by atoms with van der Waals surface area (Å²) in [6, 6.07) is 20.4. The van der Waals surface area contributed by atoms with Crippen molar-refractivity contribution < 1.29 is 20.1 Å². The Morgan fingerprint density at radius 3 is 2.20 bits per heavy atom. The van der Waals surface area contributed by atoms with E-state index >= 15 is 0 Å². The molecule has 1 aliphatic heterocycles. The van der Waals surface area contributed by atoms with Crippen molar-refractivity contribution in [2.75, 3.05) is 24.2 Å². The van der Waals surface area contributed by atoms with E-state index in [0.29, 0.717) is 23.5 Å². The van der Waals surface area contributed by atoms with Crippen LogP contribution in [-0.2, 0) is 10.2 Å². The Labute approximate surface area is 202 Å². The predicted molar refractivity (Wildman–Crippen MR) is 131 cm³/mol. The molecule has 6 N–H and O–H groups in total. The first-order chi connectivity index (χ1) is 16.9. The van der Waals surface area contributed by atoms with Gasteiger partial charge < -0.3 is 31.1 Å². The highest BCUT2D eigenvalue weighted by Crippen LogP contribution is 2.35. The van der Waals surface area contributed by atoms with E-state index in [4.69, 9.17) is 10.5 Å². The molecule has 0 amide bonds. The quantitative estimate of drug-likeness (QED) is 0.267. The van der Waals surface area contributed by atoms with Crippen molar-refractivity contribution in [3.8, 4) is 0 Å². The summed E-state index contributed by atoms with van der Waals surface area (Å²) in [6.45, 7) is 2.22. The van der Waals surface area contributed by atoms with E-state index in [2.05, 4.69) is 51.5 Å². The van der Waals surface area contributed by atoms with Crippen LogP contribution < -0.4 is 11.1 Å². The first kappa shape index (κ1) is 23.2. The standard InChI is InChI=1S/C25H28N6O4/c1-25(15-8-4-2-5-9-15,16-10-6-3-7-11-16)13-27-21-18-22(30-24(26)29-21)31(14-28-18)23-20(34)19(33)17(12-32)35-23/h2-11,14,17,19-20,23,32-34H,12-13H2,1H3,(H3,26,27,29,30)/t17-,19?,20?,23-/m1/s1. The zero-order valence-electron chi connectivity index (χ0n) is 19.2. The van der Waals surface area contributed by atoms with E-state index in [-0.39, 0.29) is 11.4 Å². The lowest BCUT2D eigenvalue weighted by Gasteiger charge is -2.31. The number of nitrogens with one attached hydrogen (secondary N) is 1. The number of nitrogens with two attached hydrogens (primary N) is 1. The van der Waals surface area contributed by atoms with Crippen LogP contribution in [0.2, 0.25) is 0 Å². The maximum Gasteiger partial charge on any atom is 0.224 e. The number of imidazole rings is 1. The number of nitrogens with zero attached hydrogens (tertiary/aromatic N) is 4. The minimum atomic E-state index is -1.27. The van der Waals surface area contributed by atoms with Gasteiger partial charge in [-0.2, -0.15) is 9.97 Å². The number of rotatable bonds is 7. The normalized spacial score (nSPS) is 22.5. The number of benzene rings is 2. The molecule has 10 heteroatoms. The van der Waals surface area contributed by atoms with Gasteiger partial charge in [0, 0.05) is 12.0 Å². The fourth-order valence-electron chi connectivity index (χ4n) is 4.60. The molecule has 1 saturated heterocycles. The Balaban J connectivity index is 1.50. The number of anilines is 2. The van der Waals surface area contributed by atoms with E-state index in [1.54, 1.807) is 0 Å². The smallest absolute Gasteiger partial charge is 0.224 e. The minimum absolute atomic E-state index is 0.0228. The lowest BCUT2D eigenvalue weighted by atomic mass is 9.76. The average molecular weight is 477 g/mol. The monoisotopic (exact) mass is 476 g/mol. The summed E-state index contributed by atoms with van der Waals surface area (Å²) in [5.74, 6) is 0.464. The van der Waals surface area contributed by atoms with Crippen LogP contribution in [0.25, 0.3) is 11.2 Å². The minimum Gasteiger partial charge on any atom is -0.394 e. The number of ether oxygens (including phenoxy) is 1. The van der Waals surface area contributed by atoms with Crippen molar-refractivity contribution in [1.82, 2.24) is 19.5 Å². The Morgan fingerprint density at radius 1 is 1.00 bits per heavy atom. The van der Waals surface area contributed by atoms with Crippen LogP contribution in [-0.4, -0.2) is 66.3 Å². The molecule has 10 nitrogen and oxygen atoms in total. The molecule has 2 unspecified atom stereocenters. The summed E-state index contributed by atoms with van der Waals surface area (Å²) in [4.78, 5) is 13.1. The summed E-state index contributed by atoms with van der Waals surface area (Å²) >= 11 is 0. The number of aliphatic hydroxyl groups excluding tert-OH is 3. The lowest BCUT2D eigenvalue weighted by Crippen LogP contribution is -2.33. The van der Waals surface area contributed by atoms with E-state index in [1.165, 1.54) is 10.9 Å². The van der Waals surface area contributed by atoms with Gasteiger partial charge in [0.15, 0.2) is 23.2 Å². The Kier molecular flexibility index (Phi) is 6.12. The van der Waals surface area contributed by atoms with Crippen molar-refractivity contribution >= 4 is 22.9 Å².